The van der Waals surface area contributed by atoms with Crippen molar-refractivity contribution in [3.8, 4) is 0 Å². The molecule has 1 unspecified atom stereocenters. The molecular weight excluding hydrogens is 261 g/mol. The molecule has 0 saturated carbocycles. The van der Waals surface area contributed by atoms with Gasteiger partial charge in [0.25, 0.3) is 0 Å². The highest BCUT2D eigenvalue weighted by atomic mass is 32.2. The predicted molar refractivity (Wildman–Crippen MR) is 95.1 cm³/mol. The SMILES string of the molecule is BC1Cc2ccccc2N(SC(/C=C\C)=C/C=C\C)C1. The van der Waals surface area contributed by atoms with Gasteiger partial charge in [-0.3, -0.25) is 0 Å². The number of allylic oxidation sites excluding steroid dienone is 5. The van der Waals surface area contributed by atoms with Crippen LogP contribution in [0.25, 0.3) is 0 Å². The summed E-state index contributed by atoms with van der Waals surface area (Å²) in [5.41, 5.74) is 2.83. The van der Waals surface area contributed by atoms with E-state index in [1.165, 1.54) is 22.6 Å². The van der Waals surface area contributed by atoms with E-state index in [1.54, 1.807) is 0 Å². The van der Waals surface area contributed by atoms with E-state index < -0.39 is 0 Å². The van der Waals surface area contributed by atoms with Crippen LogP contribution in [0.2, 0.25) is 5.82 Å². The van der Waals surface area contributed by atoms with Crippen molar-refractivity contribution in [2.45, 2.75) is 26.1 Å². The first-order chi connectivity index (χ1) is 9.74. The first-order valence-corrected chi connectivity index (χ1v) is 8.01. The van der Waals surface area contributed by atoms with Crippen molar-refractivity contribution in [3.05, 3.63) is 65.1 Å². The molecule has 0 spiro atoms. The Morgan fingerprint density at radius 2 is 2.10 bits per heavy atom. The zero-order chi connectivity index (χ0) is 14.4. The lowest BCUT2D eigenvalue weighted by Crippen LogP contribution is -2.27. The molecule has 0 saturated heterocycles. The van der Waals surface area contributed by atoms with E-state index in [9.17, 15) is 0 Å². The topological polar surface area (TPSA) is 3.24 Å². The molecule has 1 nitrogen and oxygen atoms in total. The fourth-order valence-corrected chi connectivity index (χ4v) is 3.63. The molecule has 0 radical (unpaired) electrons. The Morgan fingerprint density at radius 3 is 2.85 bits per heavy atom. The standard InChI is InChI=1S/C17H22BNS/c1-3-5-10-16(8-4-2)20-19-13-15(18)12-14-9-6-7-11-17(14)19/h3-11,15H,12-13,18H2,1-2H3/b5-3-,8-4-,16-10+. The highest BCUT2D eigenvalue weighted by Gasteiger charge is 2.22. The third kappa shape index (κ3) is 3.83. The first kappa shape index (κ1) is 15.1. The van der Waals surface area contributed by atoms with Crippen LogP contribution in [0.3, 0.4) is 0 Å². The number of hydrogen-bond donors (Lipinski definition) is 0. The second-order valence-electron chi connectivity index (χ2n) is 5.19. The fraction of sp³-hybridized carbons (Fsp3) is 0.294. The third-order valence-electron chi connectivity index (χ3n) is 3.31. The molecule has 20 heavy (non-hydrogen) atoms. The Labute approximate surface area is 128 Å². The molecule has 0 aromatic heterocycles. The van der Waals surface area contributed by atoms with E-state index in [4.69, 9.17) is 0 Å². The highest BCUT2D eigenvalue weighted by Crippen LogP contribution is 2.37. The van der Waals surface area contributed by atoms with Gasteiger partial charge in [-0.25, -0.2) is 0 Å². The van der Waals surface area contributed by atoms with Gasteiger partial charge in [-0.05, 0) is 55.7 Å². The molecule has 0 N–H and O–H groups in total. The Balaban J connectivity index is 2.24. The van der Waals surface area contributed by atoms with Crippen LogP contribution in [0.1, 0.15) is 19.4 Å². The molecule has 3 heteroatoms. The lowest BCUT2D eigenvalue weighted by atomic mass is 9.79. The molecule has 1 heterocycles. The van der Waals surface area contributed by atoms with Gasteiger partial charge < -0.3 is 4.31 Å². The lowest BCUT2D eigenvalue weighted by Gasteiger charge is -2.33. The van der Waals surface area contributed by atoms with Crippen molar-refractivity contribution in [2.24, 2.45) is 0 Å². The molecule has 104 valence electrons. The summed E-state index contributed by atoms with van der Waals surface area (Å²) in [6.45, 7) is 5.22. The minimum atomic E-state index is 0.700. The molecule has 1 atom stereocenters. The Morgan fingerprint density at radius 1 is 1.30 bits per heavy atom. The summed E-state index contributed by atoms with van der Waals surface area (Å²) < 4.78 is 2.43. The summed E-state index contributed by atoms with van der Waals surface area (Å²) in [6.07, 6.45) is 11.8. The van der Waals surface area contributed by atoms with Gasteiger partial charge in [-0.1, -0.05) is 42.5 Å². The van der Waals surface area contributed by atoms with Crippen LogP contribution in [0.5, 0.6) is 0 Å². The summed E-state index contributed by atoms with van der Waals surface area (Å²) in [5.74, 6) is 0.700. The van der Waals surface area contributed by atoms with E-state index in [0.29, 0.717) is 5.82 Å². The summed E-state index contributed by atoms with van der Waals surface area (Å²) in [4.78, 5) is 1.27. The second kappa shape index (κ2) is 7.44. The number of nitrogens with zero attached hydrogens (tertiary/aromatic N) is 1. The van der Waals surface area contributed by atoms with Gasteiger partial charge in [0.05, 0.1) is 5.69 Å². The maximum absolute atomic E-state index is 2.43. The van der Waals surface area contributed by atoms with Crippen molar-refractivity contribution in [1.82, 2.24) is 0 Å². The van der Waals surface area contributed by atoms with Crippen molar-refractivity contribution < 1.29 is 0 Å². The van der Waals surface area contributed by atoms with Crippen LogP contribution < -0.4 is 4.31 Å². The Kier molecular flexibility index (Phi) is 5.60. The van der Waals surface area contributed by atoms with Crippen molar-refractivity contribution in [3.63, 3.8) is 0 Å². The van der Waals surface area contributed by atoms with Gasteiger partial charge in [0, 0.05) is 11.4 Å². The first-order valence-electron chi connectivity index (χ1n) is 7.23. The van der Waals surface area contributed by atoms with Crippen LogP contribution in [0.4, 0.5) is 5.69 Å². The quantitative estimate of drug-likeness (QED) is 0.464. The van der Waals surface area contributed by atoms with Crippen molar-refractivity contribution >= 4 is 25.5 Å². The highest BCUT2D eigenvalue weighted by molar-refractivity contribution is 8.04. The lowest BCUT2D eigenvalue weighted by molar-refractivity contribution is 0.793. The van der Waals surface area contributed by atoms with Gasteiger partial charge in [-0.2, -0.15) is 0 Å². The summed E-state index contributed by atoms with van der Waals surface area (Å²) in [5, 5.41) is 0. The average molecular weight is 283 g/mol. The molecule has 1 aliphatic rings. The number of rotatable bonds is 4. The Hall–Kier alpha value is -1.35. The largest absolute Gasteiger partial charge is 0.312 e. The molecule has 2 rings (SSSR count). The molecule has 0 aliphatic carbocycles. The van der Waals surface area contributed by atoms with Crippen LogP contribution in [-0.4, -0.2) is 14.4 Å². The zero-order valence-corrected chi connectivity index (χ0v) is 13.4. The number of benzene rings is 1. The predicted octanol–water partition coefficient (Wildman–Crippen LogP) is 4.16. The molecule has 1 aliphatic heterocycles. The van der Waals surface area contributed by atoms with Gasteiger partial charge in [0.15, 0.2) is 0 Å². The molecule has 1 aromatic carbocycles. The molecule has 0 fully saturated rings. The minimum Gasteiger partial charge on any atom is -0.312 e. The smallest absolute Gasteiger partial charge is 0.108 e. The maximum Gasteiger partial charge on any atom is 0.108 e. The molecular formula is C17H22BNS. The molecule has 1 aromatic rings. The summed E-state index contributed by atoms with van der Waals surface area (Å²) in [6, 6.07) is 8.76. The minimum absolute atomic E-state index is 0.700. The van der Waals surface area contributed by atoms with E-state index in [1.807, 2.05) is 18.9 Å². The van der Waals surface area contributed by atoms with Crippen molar-refractivity contribution in [1.29, 1.82) is 0 Å². The number of hydrogen-bond acceptors (Lipinski definition) is 2. The van der Waals surface area contributed by atoms with Crippen molar-refractivity contribution in [2.75, 3.05) is 10.8 Å². The second-order valence-corrected chi connectivity index (χ2v) is 6.28. The van der Waals surface area contributed by atoms with Gasteiger partial charge >= 0.3 is 0 Å². The third-order valence-corrected chi connectivity index (χ3v) is 4.35. The fourth-order valence-electron chi connectivity index (χ4n) is 2.43. The molecule has 0 bridgehead atoms. The normalized spacial score (nSPS) is 19.8. The van der Waals surface area contributed by atoms with Crippen LogP contribution in [0.15, 0.2) is 59.6 Å². The summed E-state index contributed by atoms with van der Waals surface area (Å²) >= 11 is 1.83. The number of para-hydroxylation sites is 1. The van der Waals surface area contributed by atoms with E-state index in [-0.39, 0.29) is 0 Å². The van der Waals surface area contributed by atoms with Crippen LogP contribution in [-0.2, 0) is 6.42 Å². The summed E-state index contributed by atoms with van der Waals surface area (Å²) in [7, 11) is 2.33. The van der Waals surface area contributed by atoms with Gasteiger partial charge in [-0.15, -0.1) is 0 Å². The van der Waals surface area contributed by atoms with Gasteiger partial charge in [0.1, 0.15) is 7.85 Å². The molecule has 0 amide bonds. The maximum atomic E-state index is 2.43. The van der Waals surface area contributed by atoms with E-state index >= 15 is 0 Å². The van der Waals surface area contributed by atoms with Crippen LogP contribution >= 0.6 is 11.9 Å². The van der Waals surface area contributed by atoms with E-state index in [2.05, 4.69) is 73.7 Å². The average Bonchev–Trinajstić information content (AvgIpc) is 2.44. The Bertz CT molecular complexity index is 534. The zero-order valence-electron chi connectivity index (χ0n) is 12.5. The number of anilines is 1. The number of fused-ring (bicyclic) bond motifs is 1. The van der Waals surface area contributed by atoms with Gasteiger partial charge in [0.2, 0.25) is 0 Å². The van der Waals surface area contributed by atoms with E-state index in [0.717, 1.165) is 6.54 Å². The van der Waals surface area contributed by atoms with Crippen LogP contribution in [0, 0.1) is 0 Å². The monoisotopic (exact) mass is 283 g/mol.